The maximum absolute atomic E-state index is 13.3. The molecule has 23 heavy (non-hydrogen) atoms. The average Bonchev–Trinajstić information content (AvgIpc) is 3.03. The van der Waals surface area contributed by atoms with Gasteiger partial charge in [-0.15, -0.1) is 0 Å². The Morgan fingerprint density at radius 3 is 2.30 bits per heavy atom. The molecule has 0 saturated carbocycles. The van der Waals surface area contributed by atoms with E-state index >= 15 is 0 Å². The van der Waals surface area contributed by atoms with Crippen molar-refractivity contribution in [2.75, 3.05) is 0 Å². The van der Waals surface area contributed by atoms with Crippen LogP contribution >= 0.6 is 0 Å². The number of hydrogen-bond acceptors (Lipinski definition) is 0. The van der Waals surface area contributed by atoms with Gasteiger partial charge in [0.25, 0.3) is 0 Å². The molecule has 0 spiro atoms. The molecule has 0 radical (unpaired) electrons. The number of aromatic nitrogens is 1. The van der Waals surface area contributed by atoms with Crippen LogP contribution in [0.3, 0.4) is 0 Å². The van der Waals surface area contributed by atoms with Crippen LogP contribution in [-0.4, -0.2) is 4.98 Å². The number of allylic oxidation sites excluding steroid dienone is 6. The minimum Gasteiger partial charge on any atom is -0.360 e. The lowest BCUT2D eigenvalue weighted by atomic mass is 9.95. The van der Waals surface area contributed by atoms with Crippen molar-refractivity contribution in [3.63, 3.8) is 0 Å². The molecular weight excluding hydrogens is 285 g/mol. The number of H-pyrrole nitrogens is 1. The summed E-state index contributed by atoms with van der Waals surface area (Å²) in [6.07, 6.45) is 9.26. The molecule has 1 aromatic heterocycles. The molecule has 2 aromatic rings. The van der Waals surface area contributed by atoms with Gasteiger partial charge in [0.05, 0.1) is 0 Å². The van der Waals surface area contributed by atoms with E-state index in [1.807, 2.05) is 71.2 Å². The van der Waals surface area contributed by atoms with Gasteiger partial charge in [0.2, 0.25) is 0 Å². The summed E-state index contributed by atoms with van der Waals surface area (Å²) in [5.74, 6) is 0.0182. The topological polar surface area (TPSA) is 15.8 Å². The van der Waals surface area contributed by atoms with Gasteiger partial charge in [-0.2, -0.15) is 0 Å². The van der Waals surface area contributed by atoms with E-state index in [9.17, 15) is 4.39 Å². The number of aromatic amines is 1. The molecule has 0 bridgehead atoms. The molecule has 1 heterocycles. The van der Waals surface area contributed by atoms with E-state index in [0.717, 1.165) is 17.7 Å². The molecule has 0 atom stereocenters. The van der Waals surface area contributed by atoms with E-state index in [1.54, 1.807) is 0 Å². The van der Waals surface area contributed by atoms with Crippen LogP contribution in [0.15, 0.2) is 60.1 Å². The van der Waals surface area contributed by atoms with Crippen LogP contribution in [0.4, 0.5) is 4.39 Å². The lowest BCUT2D eigenvalue weighted by Gasteiger charge is -2.13. The van der Waals surface area contributed by atoms with E-state index < -0.39 is 0 Å². The van der Waals surface area contributed by atoms with E-state index in [-0.39, 0.29) is 5.83 Å². The second kappa shape index (κ2) is 9.83. The van der Waals surface area contributed by atoms with Gasteiger partial charge in [-0.3, -0.25) is 0 Å². The van der Waals surface area contributed by atoms with Crippen LogP contribution in [0.2, 0.25) is 0 Å². The molecule has 0 aliphatic heterocycles. The average molecular weight is 313 g/mol. The first-order valence-corrected chi connectivity index (χ1v) is 8.37. The normalized spacial score (nSPS) is 14.1. The fraction of sp³-hybridized carbons (Fsp3) is 0.333. The van der Waals surface area contributed by atoms with Crippen LogP contribution < -0.4 is 0 Å². The summed E-state index contributed by atoms with van der Waals surface area (Å²) in [6, 6.07) is 8.25. The predicted octanol–water partition coefficient (Wildman–Crippen LogP) is 7.20. The Morgan fingerprint density at radius 1 is 1.04 bits per heavy atom. The van der Waals surface area contributed by atoms with E-state index in [2.05, 4.69) is 17.1 Å². The minimum atomic E-state index is 0.0182. The highest BCUT2D eigenvalue weighted by Crippen LogP contribution is 2.33. The zero-order valence-corrected chi connectivity index (χ0v) is 14.9. The molecular formula is C21H28FN. The van der Waals surface area contributed by atoms with Crippen molar-refractivity contribution < 1.29 is 4.39 Å². The molecule has 124 valence electrons. The highest BCUT2D eigenvalue weighted by atomic mass is 19.1. The summed E-state index contributed by atoms with van der Waals surface area (Å²) in [5, 5.41) is 2.42. The van der Waals surface area contributed by atoms with Crippen molar-refractivity contribution in [1.29, 1.82) is 0 Å². The zero-order valence-electron chi connectivity index (χ0n) is 14.9. The van der Waals surface area contributed by atoms with Gasteiger partial charge in [-0.05, 0) is 43.7 Å². The quantitative estimate of drug-likeness (QED) is 0.536. The number of fused-ring (bicyclic) bond motifs is 1. The highest BCUT2D eigenvalue weighted by Gasteiger charge is 2.14. The summed E-state index contributed by atoms with van der Waals surface area (Å²) in [7, 11) is 0. The molecule has 0 saturated heterocycles. The van der Waals surface area contributed by atoms with Crippen molar-refractivity contribution in [2.24, 2.45) is 0 Å². The molecule has 1 aromatic carbocycles. The van der Waals surface area contributed by atoms with Crippen LogP contribution in [0.1, 0.15) is 53.2 Å². The Morgan fingerprint density at radius 2 is 1.70 bits per heavy atom. The van der Waals surface area contributed by atoms with Gasteiger partial charge in [0.15, 0.2) is 0 Å². The largest absolute Gasteiger partial charge is 0.360 e. The Kier molecular flexibility index (Phi) is 8.10. The lowest BCUT2D eigenvalue weighted by Crippen LogP contribution is -1.94. The molecule has 0 fully saturated rings. The predicted molar refractivity (Wildman–Crippen MR) is 101 cm³/mol. The molecule has 1 aliphatic rings. The SMILES string of the molecule is CC.CC1=C(F)CCC(c2[nH]cc3ccccc23)=C1.CC=CC. The van der Waals surface area contributed by atoms with Crippen LogP contribution in [-0.2, 0) is 0 Å². The van der Waals surface area contributed by atoms with Crippen molar-refractivity contribution in [3.05, 3.63) is 65.8 Å². The summed E-state index contributed by atoms with van der Waals surface area (Å²) in [4.78, 5) is 3.31. The zero-order chi connectivity index (χ0) is 17.2. The molecule has 0 unspecified atom stereocenters. The summed E-state index contributed by atoms with van der Waals surface area (Å²) in [5.41, 5.74) is 3.09. The summed E-state index contributed by atoms with van der Waals surface area (Å²) >= 11 is 0. The van der Waals surface area contributed by atoms with Gasteiger partial charge >= 0.3 is 0 Å². The van der Waals surface area contributed by atoms with E-state index in [0.29, 0.717) is 6.42 Å². The van der Waals surface area contributed by atoms with E-state index in [4.69, 9.17) is 0 Å². The molecule has 1 aliphatic carbocycles. The Labute approximate surface area is 139 Å². The second-order valence-electron chi connectivity index (χ2n) is 5.18. The molecule has 2 heteroatoms. The first-order valence-electron chi connectivity index (χ1n) is 8.37. The third-order valence-corrected chi connectivity index (χ3v) is 3.69. The number of nitrogens with one attached hydrogen (secondary N) is 1. The van der Waals surface area contributed by atoms with Crippen LogP contribution in [0, 0.1) is 0 Å². The van der Waals surface area contributed by atoms with Crippen LogP contribution in [0.5, 0.6) is 0 Å². The maximum atomic E-state index is 13.3. The third-order valence-electron chi connectivity index (χ3n) is 3.69. The Balaban J connectivity index is 0.000000388. The number of rotatable bonds is 1. The van der Waals surface area contributed by atoms with E-state index in [1.165, 1.54) is 16.3 Å². The van der Waals surface area contributed by atoms with Gasteiger partial charge in [0, 0.05) is 23.7 Å². The number of halogens is 1. The molecule has 1 N–H and O–H groups in total. The van der Waals surface area contributed by atoms with Crippen LogP contribution in [0.25, 0.3) is 16.3 Å². The summed E-state index contributed by atoms with van der Waals surface area (Å²) in [6.45, 7) is 9.83. The Bertz CT molecular complexity index is 697. The van der Waals surface area contributed by atoms with Gasteiger partial charge < -0.3 is 4.98 Å². The third kappa shape index (κ3) is 4.95. The second-order valence-corrected chi connectivity index (χ2v) is 5.18. The highest BCUT2D eigenvalue weighted by molar-refractivity contribution is 5.93. The Hall–Kier alpha value is -2.09. The monoisotopic (exact) mass is 313 g/mol. The smallest absolute Gasteiger partial charge is 0.103 e. The number of hydrogen-bond donors (Lipinski definition) is 1. The van der Waals surface area contributed by atoms with Gasteiger partial charge in [-0.25, -0.2) is 4.39 Å². The van der Waals surface area contributed by atoms with Gasteiger partial charge in [-0.1, -0.05) is 56.3 Å². The molecule has 1 nitrogen and oxygen atoms in total. The first-order chi connectivity index (χ1) is 11.2. The lowest BCUT2D eigenvalue weighted by molar-refractivity contribution is 0.580. The molecule has 0 amide bonds. The first kappa shape index (κ1) is 19.0. The van der Waals surface area contributed by atoms with Crippen molar-refractivity contribution in [1.82, 2.24) is 4.98 Å². The fourth-order valence-corrected chi connectivity index (χ4v) is 2.39. The fourth-order valence-electron chi connectivity index (χ4n) is 2.39. The summed E-state index contributed by atoms with van der Waals surface area (Å²) < 4.78 is 13.3. The number of benzene rings is 1. The maximum Gasteiger partial charge on any atom is 0.103 e. The van der Waals surface area contributed by atoms with Gasteiger partial charge in [0.1, 0.15) is 5.83 Å². The molecule has 3 rings (SSSR count). The minimum absolute atomic E-state index is 0.0182. The van der Waals surface area contributed by atoms with Crippen molar-refractivity contribution in [3.8, 4) is 0 Å². The standard InChI is InChI=1S/C15H14FN.C4H8.C2H6/c1-10-8-11(6-7-14(10)16)15-13-5-3-2-4-12(13)9-17-15;1-3-4-2;1-2/h2-5,8-9,17H,6-7H2,1H3;3-4H,1-2H3;1-2H3. The van der Waals surface area contributed by atoms with Crippen molar-refractivity contribution in [2.45, 2.75) is 47.5 Å². The van der Waals surface area contributed by atoms with Crippen molar-refractivity contribution >= 4 is 16.3 Å².